The Morgan fingerprint density at radius 3 is 2.39 bits per heavy atom. The van der Waals surface area contributed by atoms with E-state index in [9.17, 15) is 9.59 Å². The molecule has 2 amide bonds. The third-order valence-electron chi connectivity index (χ3n) is 6.34. The first kappa shape index (κ1) is 23.5. The molecular formula is C25H31ClN4O3. The Morgan fingerprint density at radius 2 is 1.79 bits per heavy atom. The zero-order valence-corrected chi connectivity index (χ0v) is 20.1. The van der Waals surface area contributed by atoms with Crippen LogP contribution in [0, 0.1) is 5.92 Å². The lowest BCUT2D eigenvalue weighted by molar-refractivity contribution is -0.137. The molecule has 1 N–H and O–H groups in total. The van der Waals surface area contributed by atoms with Crippen molar-refractivity contribution >= 4 is 29.1 Å². The number of rotatable bonds is 6. The molecule has 0 spiro atoms. The molecule has 2 atom stereocenters. The van der Waals surface area contributed by atoms with Gasteiger partial charge in [0.2, 0.25) is 5.91 Å². The van der Waals surface area contributed by atoms with Crippen molar-refractivity contribution in [2.24, 2.45) is 11.0 Å². The van der Waals surface area contributed by atoms with Gasteiger partial charge in [0, 0.05) is 36.5 Å². The highest BCUT2D eigenvalue weighted by Crippen LogP contribution is 2.33. The minimum atomic E-state index is -0.409. The predicted molar refractivity (Wildman–Crippen MR) is 128 cm³/mol. The van der Waals surface area contributed by atoms with Crippen LogP contribution >= 0.6 is 11.6 Å². The fraction of sp³-hybridized carbons (Fsp3) is 0.480. The van der Waals surface area contributed by atoms with Gasteiger partial charge in [-0.25, -0.2) is 5.01 Å². The Hall–Kier alpha value is -2.64. The van der Waals surface area contributed by atoms with Crippen molar-refractivity contribution in [2.45, 2.75) is 58.2 Å². The number of carbonyl (C=O) groups is 2. The number of benzene rings is 1. The second kappa shape index (κ2) is 10.1. The van der Waals surface area contributed by atoms with E-state index in [0.29, 0.717) is 30.3 Å². The Labute approximate surface area is 199 Å². The maximum absolute atomic E-state index is 13.4. The van der Waals surface area contributed by atoms with E-state index in [4.69, 9.17) is 21.1 Å². The van der Waals surface area contributed by atoms with Gasteiger partial charge in [-0.2, -0.15) is 5.10 Å². The summed E-state index contributed by atoms with van der Waals surface area (Å²) in [5.41, 5.74) is 1.77. The smallest absolute Gasteiger partial charge is 0.260 e. The summed E-state index contributed by atoms with van der Waals surface area (Å²) in [7, 11) is 0. The van der Waals surface area contributed by atoms with Crippen molar-refractivity contribution < 1.29 is 14.0 Å². The lowest BCUT2D eigenvalue weighted by Crippen LogP contribution is -2.51. The van der Waals surface area contributed by atoms with Crippen molar-refractivity contribution in [1.82, 2.24) is 15.2 Å². The summed E-state index contributed by atoms with van der Waals surface area (Å²) in [4.78, 5) is 27.6. The van der Waals surface area contributed by atoms with Gasteiger partial charge in [0.25, 0.3) is 5.91 Å². The molecule has 1 saturated heterocycles. The molecule has 2 aromatic rings. The highest BCUT2D eigenvalue weighted by atomic mass is 35.5. The lowest BCUT2D eigenvalue weighted by Gasteiger charge is -2.35. The van der Waals surface area contributed by atoms with Gasteiger partial charge in [0.05, 0.1) is 18.0 Å². The Kier molecular flexibility index (Phi) is 7.20. The molecule has 8 heteroatoms. The van der Waals surface area contributed by atoms with Crippen LogP contribution in [0.3, 0.4) is 0 Å². The lowest BCUT2D eigenvalue weighted by atomic mass is 10.0. The molecular weight excluding hydrogens is 440 g/mol. The van der Waals surface area contributed by atoms with Crippen molar-refractivity contribution in [3.63, 3.8) is 0 Å². The molecule has 7 nitrogen and oxygen atoms in total. The molecule has 2 aliphatic rings. The third-order valence-corrected chi connectivity index (χ3v) is 6.59. The minimum Gasteiger partial charge on any atom is -0.467 e. The molecule has 2 aliphatic heterocycles. The zero-order chi connectivity index (χ0) is 23.5. The molecule has 176 valence electrons. The Morgan fingerprint density at radius 1 is 1.09 bits per heavy atom. The number of hydrazone groups is 1. The van der Waals surface area contributed by atoms with E-state index < -0.39 is 6.04 Å². The molecule has 1 aromatic carbocycles. The number of nitrogens with zero attached hydrogens (tertiary/aromatic N) is 3. The summed E-state index contributed by atoms with van der Waals surface area (Å²) >= 11 is 6.03. The molecule has 33 heavy (non-hydrogen) atoms. The first-order valence-electron chi connectivity index (χ1n) is 11.6. The molecule has 1 fully saturated rings. The second-order valence-corrected chi connectivity index (χ2v) is 9.55. The molecule has 2 unspecified atom stereocenters. The molecule has 0 aliphatic carbocycles. The van der Waals surface area contributed by atoms with Crippen LogP contribution in [0.15, 0.2) is 52.2 Å². The van der Waals surface area contributed by atoms with Gasteiger partial charge in [-0.1, -0.05) is 37.6 Å². The van der Waals surface area contributed by atoms with Gasteiger partial charge in [0.15, 0.2) is 0 Å². The summed E-state index contributed by atoms with van der Waals surface area (Å²) in [5.74, 6) is 0.821. The fourth-order valence-corrected chi connectivity index (χ4v) is 4.61. The highest BCUT2D eigenvalue weighted by Gasteiger charge is 2.37. The number of nitrogens with one attached hydrogen (secondary N) is 1. The third kappa shape index (κ3) is 5.31. The number of hydrogen-bond donors (Lipinski definition) is 1. The van der Waals surface area contributed by atoms with Crippen LogP contribution in [0.1, 0.15) is 57.4 Å². The van der Waals surface area contributed by atoms with E-state index >= 15 is 0 Å². The van der Waals surface area contributed by atoms with E-state index in [2.05, 4.69) is 5.32 Å². The maximum atomic E-state index is 13.4. The van der Waals surface area contributed by atoms with Crippen LogP contribution in [-0.4, -0.2) is 52.6 Å². The molecule has 0 bridgehead atoms. The average Bonchev–Trinajstić information content (AvgIpc) is 3.49. The number of hydrogen-bond acceptors (Lipinski definition) is 5. The largest absolute Gasteiger partial charge is 0.467 e. The number of piperidine rings is 1. The van der Waals surface area contributed by atoms with E-state index in [-0.39, 0.29) is 29.8 Å². The van der Waals surface area contributed by atoms with Gasteiger partial charge in [-0.3, -0.25) is 9.59 Å². The van der Waals surface area contributed by atoms with Gasteiger partial charge < -0.3 is 14.6 Å². The minimum absolute atomic E-state index is 0.0106. The molecule has 0 saturated carbocycles. The standard InChI is InChI=1S/C25H31ClN4O3/c1-16(2)24(31)29-12-10-20(11-13-29)27-17(3)25(32)30-22(23-5-4-14-33-23)15-21(28-30)18-6-8-19(26)9-7-18/h4-9,14,16-17,20,22,27H,10-13,15H2,1-3H3. The van der Waals surface area contributed by atoms with Crippen LogP contribution < -0.4 is 5.32 Å². The summed E-state index contributed by atoms with van der Waals surface area (Å²) < 4.78 is 5.64. The van der Waals surface area contributed by atoms with Crippen molar-refractivity contribution in [3.05, 3.63) is 59.0 Å². The first-order chi connectivity index (χ1) is 15.8. The second-order valence-electron chi connectivity index (χ2n) is 9.11. The van der Waals surface area contributed by atoms with Crippen molar-refractivity contribution in [2.75, 3.05) is 13.1 Å². The van der Waals surface area contributed by atoms with E-state index in [0.717, 1.165) is 24.1 Å². The Balaban J connectivity index is 1.44. The number of halogens is 1. The van der Waals surface area contributed by atoms with Crippen LogP contribution in [0.2, 0.25) is 5.02 Å². The van der Waals surface area contributed by atoms with E-state index in [1.54, 1.807) is 11.3 Å². The fourth-order valence-electron chi connectivity index (χ4n) is 4.49. The first-order valence-corrected chi connectivity index (χ1v) is 12.0. The topological polar surface area (TPSA) is 78.2 Å². The molecule has 4 rings (SSSR count). The highest BCUT2D eigenvalue weighted by molar-refractivity contribution is 6.30. The van der Waals surface area contributed by atoms with Gasteiger partial charge in [0.1, 0.15) is 11.8 Å². The van der Waals surface area contributed by atoms with Gasteiger partial charge in [-0.15, -0.1) is 0 Å². The number of carbonyl (C=O) groups excluding carboxylic acids is 2. The van der Waals surface area contributed by atoms with Gasteiger partial charge in [-0.05, 0) is 49.6 Å². The van der Waals surface area contributed by atoms with Crippen molar-refractivity contribution in [3.8, 4) is 0 Å². The van der Waals surface area contributed by atoms with Crippen LogP contribution in [0.4, 0.5) is 0 Å². The quantitative estimate of drug-likeness (QED) is 0.685. The molecule has 3 heterocycles. The maximum Gasteiger partial charge on any atom is 0.260 e. The van der Waals surface area contributed by atoms with E-state index in [1.165, 1.54) is 0 Å². The predicted octanol–water partition coefficient (Wildman–Crippen LogP) is 4.24. The zero-order valence-electron chi connectivity index (χ0n) is 19.3. The summed E-state index contributed by atoms with van der Waals surface area (Å²) in [6.45, 7) is 7.17. The average molecular weight is 471 g/mol. The monoisotopic (exact) mass is 470 g/mol. The summed E-state index contributed by atoms with van der Waals surface area (Å²) in [6.07, 6.45) is 3.85. The molecule has 1 aromatic heterocycles. The van der Waals surface area contributed by atoms with Gasteiger partial charge >= 0.3 is 0 Å². The SMILES string of the molecule is CC(C)C(=O)N1CCC(NC(C)C(=O)N2N=C(c3ccc(Cl)cc3)CC2c2ccco2)CC1. The number of likely N-dealkylation sites (tertiary alicyclic amines) is 1. The summed E-state index contributed by atoms with van der Waals surface area (Å²) in [6, 6.07) is 10.7. The van der Waals surface area contributed by atoms with Crippen LogP contribution in [-0.2, 0) is 9.59 Å². The Bertz CT molecular complexity index is 995. The molecule has 0 radical (unpaired) electrons. The number of furan rings is 1. The number of amides is 2. The summed E-state index contributed by atoms with van der Waals surface area (Å²) in [5, 5.41) is 10.4. The normalized spacial score (nSPS) is 20.3. The van der Waals surface area contributed by atoms with Crippen LogP contribution in [0.5, 0.6) is 0 Å². The van der Waals surface area contributed by atoms with E-state index in [1.807, 2.05) is 62.1 Å². The van der Waals surface area contributed by atoms with Crippen molar-refractivity contribution in [1.29, 1.82) is 0 Å². The van der Waals surface area contributed by atoms with Crippen LogP contribution in [0.25, 0.3) is 0 Å².